The van der Waals surface area contributed by atoms with Crippen molar-refractivity contribution in [3.05, 3.63) is 32.9 Å². The Balaban J connectivity index is 2.72. The molecule has 0 radical (unpaired) electrons. The number of carboxylic acid groups (broad SMARTS) is 1. The van der Waals surface area contributed by atoms with Crippen LogP contribution in [0.1, 0.15) is 15.9 Å². The van der Waals surface area contributed by atoms with E-state index in [1.165, 1.54) is 12.1 Å². The van der Waals surface area contributed by atoms with Crippen LogP contribution in [0.3, 0.4) is 0 Å². The van der Waals surface area contributed by atoms with Gasteiger partial charge in [-0.25, -0.2) is 9.59 Å². The maximum absolute atomic E-state index is 12.7. The molecular weight excluding hydrogens is 361 g/mol. The van der Waals surface area contributed by atoms with Crippen LogP contribution in [0.25, 0.3) is 0 Å². The van der Waals surface area contributed by atoms with Crippen molar-refractivity contribution < 1.29 is 28.2 Å². The van der Waals surface area contributed by atoms with Crippen molar-refractivity contribution in [1.29, 1.82) is 0 Å². The topological polar surface area (TPSA) is 63.6 Å². The zero-order chi connectivity index (χ0) is 13.9. The van der Waals surface area contributed by atoms with Crippen LogP contribution >= 0.6 is 22.6 Å². The summed E-state index contributed by atoms with van der Waals surface area (Å²) in [5.74, 6) is -7.38. The summed E-state index contributed by atoms with van der Waals surface area (Å²) in [6, 6.07) is 4.56. The number of carboxylic acids is 1. The predicted molar refractivity (Wildman–Crippen MR) is 66.8 cm³/mol. The van der Waals surface area contributed by atoms with E-state index in [1.54, 1.807) is 6.07 Å². The van der Waals surface area contributed by atoms with Crippen LogP contribution in [-0.2, 0) is 9.53 Å². The first-order valence-corrected chi connectivity index (χ1v) is 5.86. The van der Waals surface area contributed by atoms with Gasteiger partial charge in [-0.2, -0.15) is 8.78 Å². The minimum Gasteiger partial charge on any atom is -0.477 e. The molecule has 0 unspecified atom stereocenters. The number of carbonyl (C=O) groups excluding carboxylic acids is 1. The Hall–Kier alpha value is -1.25. The van der Waals surface area contributed by atoms with Gasteiger partial charge in [-0.15, -0.1) is 0 Å². The molecule has 0 fully saturated rings. The lowest BCUT2D eigenvalue weighted by atomic mass is 10.1. The van der Waals surface area contributed by atoms with E-state index in [0.717, 1.165) is 9.13 Å². The summed E-state index contributed by atoms with van der Waals surface area (Å²) in [7, 11) is 0. The maximum atomic E-state index is 12.7. The zero-order valence-corrected chi connectivity index (χ0v) is 11.4. The van der Waals surface area contributed by atoms with E-state index in [2.05, 4.69) is 4.74 Å². The van der Waals surface area contributed by atoms with Crippen LogP contribution < -0.4 is 0 Å². The molecule has 7 heteroatoms. The number of benzene rings is 1. The van der Waals surface area contributed by atoms with E-state index in [9.17, 15) is 18.4 Å². The molecule has 0 amide bonds. The lowest BCUT2D eigenvalue weighted by Gasteiger charge is -2.11. The molecule has 0 saturated heterocycles. The monoisotopic (exact) mass is 370 g/mol. The molecule has 1 N–H and O–H groups in total. The van der Waals surface area contributed by atoms with Crippen molar-refractivity contribution in [3.63, 3.8) is 0 Å². The third-order valence-electron chi connectivity index (χ3n) is 2.10. The molecule has 0 bridgehead atoms. The Labute approximate surface area is 115 Å². The Morgan fingerprint density at radius 2 is 2.06 bits per heavy atom. The second-order valence-corrected chi connectivity index (χ2v) is 4.71. The minimum absolute atomic E-state index is 0.103. The number of carbonyl (C=O) groups is 2. The summed E-state index contributed by atoms with van der Waals surface area (Å²) in [6.07, 6.45) is 0. The highest BCUT2D eigenvalue weighted by atomic mass is 127. The number of halogens is 3. The summed E-state index contributed by atoms with van der Waals surface area (Å²) in [4.78, 5) is 21.6. The van der Waals surface area contributed by atoms with Crippen molar-refractivity contribution in [3.8, 4) is 0 Å². The van der Waals surface area contributed by atoms with Gasteiger partial charge < -0.3 is 9.84 Å². The first kappa shape index (κ1) is 14.8. The molecule has 0 aliphatic rings. The molecule has 0 aliphatic heterocycles. The van der Waals surface area contributed by atoms with E-state index in [4.69, 9.17) is 5.11 Å². The second-order valence-electron chi connectivity index (χ2n) is 3.55. The van der Waals surface area contributed by atoms with Crippen LogP contribution in [0, 0.1) is 10.5 Å². The average molecular weight is 370 g/mol. The van der Waals surface area contributed by atoms with Crippen molar-refractivity contribution in [2.75, 3.05) is 6.61 Å². The number of alkyl halides is 2. The second kappa shape index (κ2) is 5.59. The van der Waals surface area contributed by atoms with Gasteiger partial charge in [0.2, 0.25) is 0 Å². The number of ether oxygens (including phenoxy) is 1. The van der Waals surface area contributed by atoms with Gasteiger partial charge in [0.05, 0.1) is 5.56 Å². The van der Waals surface area contributed by atoms with Crippen molar-refractivity contribution in [1.82, 2.24) is 0 Å². The average Bonchev–Trinajstić information content (AvgIpc) is 2.29. The summed E-state index contributed by atoms with van der Waals surface area (Å²) in [5, 5.41) is 8.16. The lowest BCUT2D eigenvalue weighted by Crippen LogP contribution is -2.34. The van der Waals surface area contributed by atoms with Gasteiger partial charge in [0.1, 0.15) is 0 Å². The van der Waals surface area contributed by atoms with Crippen LogP contribution in [0.5, 0.6) is 0 Å². The van der Waals surface area contributed by atoms with Crippen molar-refractivity contribution in [2.24, 2.45) is 0 Å². The summed E-state index contributed by atoms with van der Waals surface area (Å²) >= 11 is 1.99. The highest BCUT2D eigenvalue weighted by Gasteiger charge is 2.40. The number of hydrogen-bond acceptors (Lipinski definition) is 3. The molecule has 0 atom stereocenters. The highest BCUT2D eigenvalue weighted by molar-refractivity contribution is 14.1. The normalized spacial score (nSPS) is 11.1. The van der Waals surface area contributed by atoms with E-state index >= 15 is 0 Å². The molecule has 0 heterocycles. The van der Waals surface area contributed by atoms with Crippen LogP contribution in [0.4, 0.5) is 8.78 Å². The fourth-order valence-electron chi connectivity index (χ4n) is 1.02. The molecule has 0 aliphatic carbocycles. The predicted octanol–water partition coefficient (Wildman–Crippen LogP) is 2.48. The van der Waals surface area contributed by atoms with Gasteiger partial charge in [0, 0.05) is 3.57 Å². The number of aliphatic carboxylic acids is 1. The Morgan fingerprint density at radius 3 is 2.56 bits per heavy atom. The Kier molecular flexibility index (Phi) is 4.60. The minimum atomic E-state index is -4.08. The van der Waals surface area contributed by atoms with E-state index in [-0.39, 0.29) is 5.56 Å². The standard InChI is InChI=1S/C11H9F2IO4/c1-6-2-3-7(4-8(6)14)9(15)18-5-11(12,13)10(16)17/h2-4H,5H2,1H3,(H,16,17). The molecule has 1 rings (SSSR count). The first-order valence-electron chi connectivity index (χ1n) is 4.78. The lowest BCUT2D eigenvalue weighted by molar-refractivity contribution is -0.170. The molecule has 1 aromatic carbocycles. The summed E-state index contributed by atoms with van der Waals surface area (Å²) in [6.45, 7) is 0.348. The number of hydrogen-bond donors (Lipinski definition) is 1. The van der Waals surface area contributed by atoms with Gasteiger partial charge in [-0.05, 0) is 47.2 Å². The SMILES string of the molecule is Cc1ccc(C(=O)OCC(F)(F)C(=O)O)cc1I. The summed E-state index contributed by atoms with van der Waals surface area (Å²) in [5.41, 5.74) is 1.04. The molecule has 0 spiro atoms. The van der Waals surface area contributed by atoms with Gasteiger partial charge >= 0.3 is 17.9 Å². The van der Waals surface area contributed by atoms with E-state index < -0.39 is 24.5 Å². The molecule has 98 valence electrons. The van der Waals surface area contributed by atoms with E-state index in [1.807, 2.05) is 29.5 Å². The number of rotatable bonds is 4. The van der Waals surface area contributed by atoms with Crippen LogP contribution in [-0.4, -0.2) is 29.6 Å². The van der Waals surface area contributed by atoms with Crippen LogP contribution in [0.2, 0.25) is 0 Å². The van der Waals surface area contributed by atoms with E-state index in [0.29, 0.717) is 0 Å². The fourth-order valence-corrected chi connectivity index (χ4v) is 1.54. The first-order chi connectivity index (χ1) is 8.24. The highest BCUT2D eigenvalue weighted by Crippen LogP contribution is 2.17. The molecule has 4 nitrogen and oxygen atoms in total. The molecular formula is C11H9F2IO4. The Bertz CT molecular complexity index is 488. The van der Waals surface area contributed by atoms with Gasteiger partial charge in [-0.1, -0.05) is 6.07 Å². The zero-order valence-electron chi connectivity index (χ0n) is 9.25. The maximum Gasteiger partial charge on any atom is 0.378 e. The molecule has 1 aromatic rings. The smallest absolute Gasteiger partial charge is 0.378 e. The fraction of sp³-hybridized carbons (Fsp3) is 0.273. The quantitative estimate of drug-likeness (QED) is 0.654. The van der Waals surface area contributed by atoms with Gasteiger partial charge in [0.25, 0.3) is 0 Å². The largest absolute Gasteiger partial charge is 0.477 e. The molecule has 18 heavy (non-hydrogen) atoms. The molecule has 0 aromatic heterocycles. The number of esters is 1. The van der Waals surface area contributed by atoms with Gasteiger partial charge in [0.15, 0.2) is 6.61 Å². The van der Waals surface area contributed by atoms with Crippen LogP contribution in [0.15, 0.2) is 18.2 Å². The molecule has 0 saturated carbocycles. The third-order valence-corrected chi connectivity index (χ3v) is 3.27. The van der Waals surface area contributed by atoms with Gasteiger partial charge in [-0.3, -0.25) is 0 Å². The Morgan fingerprint density at radius 1 is 1.44 bits per heavy atom. The van der Waals surface area contributed by atoms with Crippen molar-refractivity contribution in [2.45, 2.75) is 12.8 Å². The van der Waals surface area contributed by atoms with Crippen molar-refractivity contribution >= 4 is 34.5 Å². The third kappa shape index (κ3) is 3.62. The number of aryl methyl sites for hydroxylation is 1. The summed E-state index contributed by atoms with van der Waals surface area (Å²) < 4.78 is 30.4.